The lowest BCUT2D eigenvalue weighted by molar-refractivity contribution is -0.386. The number of carbonyl (C=O) groups is 3. The Bertz CT molecular complexity index is 1440. The van der Waals surface area contributed by atoms with E-state index in [0.29, 0.717) is 10.8 Å². The van der Waals surface area contributed by atoms with Gasteiger partial charge >= 0.3 is 11.7 Å². The van der Waals surface area contributed by atoms with Crippen LogP contribution in [-0.4, -0.2) is 35.0 Å². The van der Waals surface area contributed by atoms with Gasteiger partial charge in [-0.1, -0.05) is 23.7 Å². The summed E-state index contributed by atoms with van der Waals surface area (Å²) in [5.74, 6) is -2.39. The number of aromatic hydroxyl groups is 1. The highest BCUT2D eigenvalue weighted by Crippen LogP contribution is 2.37. The van der Waals surface area contributed by atoms with Crippen molar-refractivity contribution < 1.29 is 33.9 Å². The highest BCUT2D eigenvalue weighted by atomic mass is 35.5. The zero-order chi connectivity index (χ0) is 26.7. The first-order valence-electron chi connectivity index (χ1n) is 10.6. The Kier molecular flexibility index (Phi) is 7.07. The summed E-state index contributed by atoms with van der Waals surface area (Å²) in [5, 5.41) is 23.9. The number of nitrogens with one attached hydrogen (secondary N) is 1. The highest BCUT2D eigenvalue weighted by Gasteiger charge is 2.37. The summed E-state index contributed by atoms with van der Waals surface area (Å²) in [6, 6.07) is 14.4. The maximum Gasteiger partial charge on any atom is 0.335 e. The number of ether oxygens (including phenoxy) is 2. The second-order valence-electron chi connectivity index (χ2n) is 7.71. The van der Waals surface area contributed by atoms with Crippen LogP contribution < -0.4 is 19.7 Å². The Morgan fingerprint density at radius 1 is 1.08 bits per heavy atom. The second-order valence-corrected chi connectivity index (χ2v) is 8.15. The summed E-state index contributed by atoms with van der Waals surface area (Å²) in [5.41, 5.74) is -0.0609. The molecule has 1 heterocycles. The number of amides is 4. The minimum Gasteiger partial charge on any atom is -0.500 e. The van der Waals surface area contributed by atoms with Crippen LogP contribution in [0, 0.1) is 10.1 Å². The SMILES string of the molecule is COc1cc(/C=C2\C(=O)NC(=O)N(c3ccc(OCc4ccc(Cl)cc4)cc3)C2=O)cc([N+](=O)[O-])c1O. The summed E-state index contributed by atoms with van der Waals surface area (Å²) in [7, 11) is 1.19. The number of halogens is 1. The average molecular weight is 524 g/mol. The molecule has 0 unspecified atom stereocenters. The van der Waals surface area contributed by atoms with Gasteiger partial charge < -0.3 is 14.6 Å². The molecule has 37 heavy (non-hydrogen) atoms. The molecule has 4 amide bonds. The molecular weight excluding hydrogens is 506 g/mol. The number of rotatable bonds is 7. The number of barbiturate groups is 1. The van der Waals surface area contributed by atoms with Crippen molar-refractivity contribution >= 4 is 46.9 Å². The molecule has 0 aromatic heterocycles. The zero-order valence-corrected chi connectivity index (χ0v) is 19.9. The molecule has 4 rings (SSSR count). The fourth-order valence-corrected chi connectivity index (χ4v) is 3.62. The second kappa shape index (κ2) is 10.4. The van der Waals surface area contributed by atoms with Gasteiger partial charge in [-0.3, -0.25) is 25.0 Å². The molecule has 0 aliphatic carbocycles. The lowest BCUT2D eigenvalue weighted by Gasteiger charge is -2.26. The third-order valence-corrected chi connectivity index (χ3v) is 5.57. The minimum absolute atomic E-state index is 0.0279. The van der Waals surface area contributed by atoms with Gasteiger partial charge in [0.15, 0.2) is 5.75 Å². The molecule has 2 N–H and O–H groups in total. The number of carbonyl (C=O) groups excluding carboxylic acids is 3. The number of nitro benzene ring substituents is 1. The first kappa shape index (κ1) is 25.2. The van der Waals surface area contributed by atoms with E-state index in [1.807, 2.05) is 12.1 Å². The molecule has 1 saturated heterocycles. The van der Waals surface area contributed by atoms with Crippen LogP contribution in [-0.2, 0) is 16.2 Å². The molecule has 11 nitrogen and oxygen atoms in total. The summed E-state index contributed by atoms with van der Waals surface area (Å²) < 4.78 is 10.6. The van der Waals surface area contributed by atoms with Crippen LogP contribution in [0.4, 0.5) is 16.2 Å². The van der Waals surface area contributed by atoms with Crippen LogP contribution >= 0.6 is 11.6 Å². The molecule has 1 aliphatic rings. The largest absolute Gasteiger partial charge is 0.500 e. The molecule has 1 aliphatic heterocycles. The van der Waals surface area contributed by atoms with Crippen molar-refractivity contribution in [2.24, 2.45) is 0 Å². The van der Waals surface area contributed by atoms with Crippen LogP contribution in [0.25, 0.3) is 6.08 Å². The van der Waals surface area contributed by atoms with Crippen LogP contribution in [0.15, 0.2) is 66.2 Å². The fraction of sp³-hybridized carbons (Fsp3) is 0.0800. The number of hydrogen-bond donors (Lipinski definition) is 2. The lowest BCUT2D eigenvalue weighted by atomic mass is 10.1. The number of methoxy groups -OCH3 is 1. The summed E-state index contributed by atoms with van der Waals surface area (Å²) in [6.07, 6.45) is 1.07. The van der Waals surface area contributed by atoms with Crippen molar-refractivity contribution in [2.75, 3.05) is 12.0 Å². The van der Waals surface area contributed by atoms with Crippen molar-refractivity contribution in [2.45, 2.75) is 6.61 Å². The van der Waals surface area contributed by atoms with Crippen molar-refractivity contribution in [1.29, 1.82) is 0 Å². The number of urea groups is 1. The fourth-order valence-electron chi connectivity index (χ4n) is 3.49. The minimum atomic E-state index is -0.983. The van der Waals surface area contributed by atoms with Crippen LogP contribution in [0.5, 0.6) is 17.2 Å². The molecule has 0 atom stereocenters. The molecule has 0 saturated carbocycles. The summed E-state index contributed by atoms with van der Waals surface area (Å²) >= 11 is 5.87. The number of anilines is 1. The van der Waals surface area contributed by atoms with Gasteiger partial charge in [0, 0.05) is 11.1 Å². The van der Waals surface area contributed by atoms with Crippen LogP contribution in [0.1, 0.15) is 11.1 Å². The van der Waals surface area contributed by atoms with E-state index in [-0.39, 0.29) is 23.6 Å². The van der Waals surface area contributed by atoms with Gasteiger partial charge in [0.25, 0.3) is 11.8 Å². The molecule has 3 aromatic carbocycles. The van der Waals surface area contributed by atoms with Crippen molar-refractivity contribution in [3.05, 3.63) is 92.5 Å². The van der Waals surface area contributed by atoms with Crippen LogP contribution in [0.3, 0.4) is 0 Å². The van der Waals surface area contributed by atoms with Gasteiger partial charge in [0.1, 0.15) is 17.9 Å². The van der Waals surface area contributed by atoms with E-state index in [9.17, 15) is 29.6 Å². The molecule has 12 heteroatoms. The van der Waals surface area contributed by atoms with Crippen LogP contribution in [0.2, 0.25) is 5.02 Å². The Hall–Kier alpha value is -4.90. The third kappa shape index (κ3) is 5.36. The number of nitro groups is 1. The van der Waals surface area contributed by atoms with E-state index in [0.717, 1.165) is 22.6 Å². The lowest BCUT2D eigenvalue weighted by Crippen LogP contribution is -2.54. The average Bonchev–Trinajstić information content (AvgIpc) is 2.87. The normalized spacial score (nSPS) is 14.5. The maximum absolute atomic E-state index is 13.1. The monoisotopic (exact) mass is 523 g/mol. The predicted molar refractivity (Wildman–Crippen MR) is 133 cm³/mol. The van der Waals surface area contributed by atoms with E-state index in [2.05, 4.69) is 5.32 Å². The zero-order valence-electron chi connectivity index (χ0n) is 19.1. The smallest absolute Gasteiger partial charge is 0.335 e. The quantitative estimate of drug-likeness (QED) is 0.202. The van der Waals surface area contributed by atoms with Crippen molar-refractivity contribution in [3.8, 4) is 17.2 Å². The Balaban J connectivity index is 1.58. The molecule has 0 spiro atoms. The van der Waals surface area contributed by atoms with Gasteiger partial charge in [-0.15, -0.1) is 0 Å². The number of hydrogen-bond acceptors (Lipinski definition) is 8. The molecule has 3 aromatic rings. The first-order valence-corrected chi connectivity index (χ1v) is 11.0. The van der Waals surface area contributed by atoms with Gasteiger partial charge in [0.05, 0.1) is 17.7 Å². The number of phenols is 1. The molecule has 188 valence electrons. The van der Waals surface area contributed by atoms with Crippen molar-refractivity contribution in [3.63, 3.8) is 0 Å². The highest BCUT2D eigenvalue weighted by molar-refractivity contribution is 6.39. The Morgan fingerprint density at radius 2 is 1.76 bits per heavy atom. The standard InChI is InChI=1S/C25H18ClN3O8/c1-36-21-12-15(11-20(22(21)30)29(34)35)10-19-23(31)27-25(33)28(24(19)32)17-6-8-18(9-7-17)37-13-14-2-4-16(26)5-3-14/h2-12,30H,13H2,1H3,(H,27,31,33)/b19-10+. The Morgan fingerprint density at radius 3 is 2.38 bits per heavy atom. The predicted octanol–water partition coefficient (Wildman–Crippen LogP) is 4.21. The topological polar surface area (TPSA) is 148 Å². The van der Waals surface area contributed by atoms with E-state index in [4.69, 9.17) is 21.1 Å². The maximum atomic E-state index is 13.1. The van der Waals surface area contributed by atoms with Gasteiger partial charge in [0.2, 0.25) is 5.75 Å². The van der Waals surface area contributed by atoms with E-state index >= 15 is 0 Å². The summed E-state index contributed by atoms with van der Waals surface area (Å²) in [6.45, 7) is 0.267. The number of imide groups is 2. The molecular formula is C25H18ClN3O8. The third-order valence-electron chi connectivity index (χ3n) is 5.32. The van der Waals surface area contributed by atoms with Gasteiger partial charge in [-0.05, 0) is 59.7 Å². The van der Waals surface area contributed by atoms with Crippen molar-refractivity contribution in [1.82, 2.24) is 5.32 Å². The molecule has 1 fully saturated rings. The van der Waals surface area contributed by atoms with E-state index in [1.165, 1.54) is 25.3 Å². The molecule has 0 bridgehead atoms. The Labute approximate surface area is 214 Å². The number of benzene rings is 3. The number of nitrogens with zero attached hydrogens (tertiary/aromatic N) is 2. The first-order chi connectivity index (χ1) is 17.7. The number of phenolic OH excluding ortho intramolecular Hbond substituents is 1. The summed E-state index contributed by atoms with van der Waals surface area (Å²) in [4.78, 5) is 49.2. The van der Waals surface area contributed by atoms with Gasteiger partial charge in [-0.2, -0.15) is 0 Å². The van der Waals surface area contributed by atoms with E-state index < -0.39 is 39.8 Å². The molecule has 0 radical (unpaired) electrons. The van der Waals surface area contributed by atoms with Gasteiger partial charge in [-0.25, -0.2) is 9.69 Å². The van der Waals surface area contributed by atoms with E-state index in [1.54, 1.807) is 24.3 Å².